The van der Waals surface area contributed by atoms with Gasteiger partial charge in [0.1, 0.15) is 5.82 Å². The highest BCUT2D eigenvalue weighted by Crippen LogP contribution is 2.28. The molecule has 2 aromatic heterocycles. The van der Waals surface area contributed by atoms with Crippen LogP contribution in [0.1, 0.15) is 40.9 Å². The Hall–Kier alpha value is -3.36. The predicted molar refractivity (Wildman–Crippen MR) is 119 cm³/mol. The van der Waals surface area contributed by atoms with Crippen LogP contribution in [0.2, 0.25) is 0 Å². The summed E-state index contributed by atoms with van der Waals surface area (Å²) < 4.78 is 74.7. The summed E-state index contributed by atoms with van der Waals surface area (Å²) in [6.07, 6.45) is -1.77. The highest BCUT2D eigenvalue weighted by molar-refractivity contribution is 7.90. The number of halogens is 3. The number of hydrogen-bond donors (Lipinski definition) is 2. The number of nitrogens with zero attached hydrogens (tertiary/aromatic N) is 4. The molecule has 186 valence electrons. The van der Waals surface area contributed by atoms with Crippen LogP contribution in [0.25, 0.3) is 11.5 Å². The zero-order valence-corrected chi connectivity index (χ0v) is 19.3. The van der Waals surface area contributed by atoms with Crippen molar-refractivity contribution in [2.24, 2.45) is 0 Å². The van der Waals surface area contributed by atoms with E-state index in [1.165, 1.54) is 35.6 Å². The summed E-state index contributed by atoms with van der Waals surface area (Å²) >= 11 is 0. The highest BCUT2D eigenvalue weighted by atomic mass is 32.2. The smallest absolute Gasteiger partial charge is 0.314 e. The Labute approximate surface area is 198 Å². The highest BCUT2D eigenvalue weighted by Gasteiger charge is 2.27. The van der Waals surface area contributed by atoms with Crippen LogP contribution < -0.4 is 10.0 Å². The summed E-state index contributed by atoms with van der Waals surface area (Å²) in [6.45, 7) is 2.75. The molecular formula is C21H21F3N6O4S. The first-order valence-electron chi connectivity index (χ1n) is 10.5. The molecule has 0 radical (unpaired) electrons. The van der Waals surface area contributed by atoms with E-state index in [2.05, 4.69) is 25.2 Å². The van der Waals surface area contributed by atoms with E-state index in [9.17, 15) is 26.4 Å². The third-order valence-electron chi connectivity index (χ3n) is 5.34. The minimum absolute atomic E-state index is 0.0273. The molecule has 0 unspecified atom stereocenters. The van der Waals surface area contributed by atoms with Crippen molar-refractivity contribution in [3.8, 4) is 11.5 Å². The lowest BCUT2D eigenvalue weighted by molar-refractivity contribution is 0.101. The quantitative estimate of drug-likeness (QED) is 0.442. The average Bonchev–Trinajstić information content (AvgIpc) is 3.32. The molecule has 0 spiro atoms. The molecule has 3 heterocycles. The second kappa shape index (κ2) is 10.1. The number of carbonyl (C=O) groups is 1. The number of carbonyl (C=O) groups excluding carboxylic acids is 1. The second-order valence-corrected chi connectivity index (χ2v) is 9.39. The molecule has 14 heteroatoms. The Morgan fingerprint density at radius 1 is 1.23 bits per heavy atom. The van der Waals surface area contributed by atoms with Gasteiger partial charge in [-0.2, -0.15) is 21.5 Å². The predicted octanol–water partition coefficient (Wildman–Crippen LogP) is 2.56. The number of piperazine rings is 1. The SMILES string of the molecule is CC(=O)c1ccnc(Cc2ccc(-c3nnc(C(F)F)o3)cc2F)c1NS(=O)(=O)N1CCNCC1. The maximum absolute atomic E-state index is 14.9. The molecule has 2 N–H and O–H groups in total. The van der Waals surface area contributed by atoms with E-state index in [1.54, 1.807) is 0 Å². The van der Waals surface area contributed by atoms with Crippen molar-refractivity contribution in [3.05, 3.63) is 59.0 Å². The fraction of sp³-hybridized carbons (Fsp3) is 0.333. The van der Waals surface area contributed by atoms with Gasteiger partial charge in [-0.25, -0.2) is 4.39 Å². The van der Waals surface area contributed by atoms with Crippen molar-refractivity contribution in [2.45, 2.75) is 19.8 Å². The number of ketones is 1. The number of pyridine rings is 1. The Kier molecular flexibility index (Phi) is 7.14. The standard InChI is InChI=1S/C21H21F3N6O4S/c1-12(31)15-4-5-26-17(18(15)29-35(32,33)30-8-6-25-7-9-30)11-13-2-3-14(10-16(13)22)20-27-28-21(34-20)19(23)24/h2-5,10,19,25,29H,6-9,11H2,1H3. The lowest BCUT2D eigenvalue weighted by Gasteiger charge is -2.27. The molecule has 0 aliphatic carbocycles. The summed E-state index contributed by atoms with van der Waals surface area (Å²) in [6, 6.07) is 5.20. The van der Waals surface area contributed by atoms with Gasteiger partial charge in [-0.1, -0.05) is 6.07 Å². The van der Waals surface area contributed by atoms with Crippen LogP contribution in [-0.2, 0) is 16.6 Å². The van der Waals surface area contributed by atoms with E-state index >= 15 is 0 Å². The van der Waals surface area contributed by atoms with Crippen molar-refractivity contribution in [1.29, 1.82) is 0 Å². The summed E-state index contributed by atoms with van der Waals surface area (Å²) in [7, 11) is -4.00. The number of rotatable bonds is 8. The van der Waals surface area contributed by atoms with Crippen LogP contribution in [0.5, 0.6) is 0 Å². The largest absolute Gasteiger partial charge is 0.415 e. The van der Waals surface area contributed by atoms with Gasteiger partial charge >= 0.3 is 16.6 Å². The lowest BCUT2D eigenvalue weighted by Crippen LogP contribution is -2.48. The molecule has 1 aromatic carbocycles. The molecule has 10 nitrogen and oxygen atoms in total. The molecular weight excluding hydrogens is 489 g/mol. The first-order chi connectivity index (χ1) is 16.7. The van der Waals surface area contributed by atoms with Crippen molar-refractivity contribution in [2.75, 3.05) is 30.9 Å². The third kappa shape index (κ3) is 5.49. The van der Waals surface area contributed by atoms with Crippen LogP contribution in [0.3, 0.4) is 0 Å². The maximum Gasteiger partial charge on any atom is 0.314 e. The topological polar surface area (TPSA) is 130 Å². The van der Waals surface area contributed by atoms with Gasteiger partial charge in [-0.05, 0) is 30.7 Å². The van der Waals surface area contributed by atoms with Gasteiger partial charge in [0.05, 0.1) is 11.4 Å². The Bertz CT molecular complexity index is 1340. The van der Waals surface area contributed by atoms with E-state index in [4.69, 9.17) is 4.42 Å². The van der Waals surface area contributed by atoms with Crippen molar-refractivity contribution in [1.82, 2.24) is 24.8 Å². The average molecular weight is 510 g/mol. The Balaban J connectivity index is 1.65. The minimum atomic E-state index is -4.00. The van der Waals surface area contributed by atoms with Crippen LogP contribution in [0, 0.1) is 5.82 Å². The van der Waals surface area contributed by atoms with E-state index in [-0.39, 0.29) is 53.5 Å². The Morgan fingerprint density at radius 2 is 1.97 bits per heavy atom. The molecule has 1 saturated heterocycles. The first-order valence-corrected chi connectivity index (χ1v) is 12.0. The van der Waals surface area contributed by atoms with Crippen molar-refractivity contribution >= 4 is 21.7 Å². The zero-order chi connectivity index (χ0) is 25.2. The molecule has 3 aromatic rings. The molecule has 0 saturated carbocycles. The molecule has 0 amide bonds. The fourth-order valence-corrected chi connectivity index (χ4v) is 4.85. The van der Waals surface area contributed by atoms with Crippen LogP contribution in [0.15, 0.2) is 34.9 Å². The van der Waals surface area contributed by atoms with Gasteiger partial charge in [0.2, 0.25) is 5.89 Å². The number of nitrogens with one attached hydrogen (secondary N) is 2. The summed E-state index contributed by atoms with van der Waals surface area (Å²) in [5.74, 6) is -2.28. The van der Waals surface area contributed by atoms with Crippen molar-refractivity contribution < 1.29 is 30.8 Å². The Morgan fingerprint density at radius 3 is 2.60 bits per heavy atom. The molecule has 0 bridgehead atoms. The first kappa shape index (κ1) is 24.8. The third-order valence-corrected chi connectivity index (χ3v) is 6.85. The van der Waals surface area contributed by atoms with Crippen molar-refractivity contribution in [3.63, 3.8) is 0 Å². The van der Waals surface area contributed by atoms with Gasteiger partial charge in [0, 0.05) is 49.9 Å². The van der Waals surface area contributed by atoms with Crippen LogP contribution in [0.4, 0.5) is 18.9 Å². The molecule has 1 aliphatic rings. The molecule has 0 atom stereocenters. The number of Topliss-reactive ketones (excluding diaryl/α,β-unsaturated/α-hetero) is 1. The van der Waals surface area contributed by atoms with E-state index < -0.39 is 34.1 Å². The van der Waals surface area contributed by atoms with Gasteiger partial charge in [-0.15, -0.1) is 10.2 Å². The normalized spacial score (nSPS) is 14.9. The summed E-state index contributed by atoms with van der Waals surface area (Å²) in [5.41, 5.74) is 0.423. The molecule has 1 fully saturated rings. The van der Waals surface area contributed by atoms with Crippen LogP contribution in [-0.4, -0.2) is 59.9 Å². The number of alkyl halides is 2. The van der Waals surface area contributed by atoms with Gasteiger partial charge in [0.25, 0.3) is 5.89 Å². The van der Waals surface area contributed by atoms with E-state index in [0.717, 1.165) is 6.07 Å². The zero-order valence-electron chi connectivity index (χ0n) is 18.5. The molecule has 4 rings (SSSR count). The number of benzene rings is 1. The summed E-state index contributed by atoms with van der Waals surface area (Å²) in [5, 5.41) is 9.77. The number of aromatic nitrogens is 3. The van der Waals surface area contributed by atoms with Gasteiger partial charge in [0.15, 0.2) is 5.78 Å². The maximum atomic E-state index is 14.9. The summed E-state index contributed by atoms with van der Waals surface area (Å²) in [4.78, 5) is 16.4. The molecule has 35 heavy (non-hydrogen) atoms. The van der Waals surface area contributed by atoms with Gasteiger partial charge in [-0.3, -0.25) is 14.5 Å². The van der Waals surface area contributed by atoms with Gasteiger partial charge < -0.3 is 9.73 Å². The molecule has 1 aliphatic heterocycles. The minimum Gasteiger partial charge on any atom is -0.415 e. The van der Waals surface area contributed by atoms with E-state index in [0.29, 0.717) is 13.1 Å². The van der Waals surface area contributed by atoms with Crippen LogP contribution >= 0.6 is 0 Å². The number of hydrogen-bond acceptors (Lipinski definition) is 8. The monoisotopic (exact) mass is 510 g/mol. The lowest BCUT2D eigenvalue weighted by atomic mass is 10.0. The number of anilines is 1. The fourth-order valence-electron chi connectivity index (χ4n) is 3.57. The second-order valence-electron chi connectivity index (χ2n) is 7.72. The van der Waals surface area contributed by atoms with E-state index in [1.807, 2.05) is 0 Å².